The Balaban J connectivity index is 2.69. The summed E-state index contributed by atoms with van der Waals surface area (Å²) in [6, 6.07) is 3.36. The van der Waals surface area contributed by atoms with Gasteiger partial charge in [0.25, 0.3) is 0 Å². The maximum atomic E-state index is 13.6. The summed E-state index contributed by atoms with van der Waals surface area (Å²) < 4.78 is 55.9. The van der Waals surface area contributed by atoms with Crippen LogP contribution in [0, 0.1) is 5.82 Å². The Morgan fingerprint density at radius 3 is 2.45 bits per heavy atom. The van der Waals surface area contributed by atoms with E-state index in [0.29, 0.717) is 0 Å². The lowest BCUT2D eigenvalue weighted by Crippen LogP contribution is -2.11. The molecule has 0 aliphatic heterocycles. The first-order valence-corrected chi connectivity index (χ1v) is 5.35. The molecule has 0 saturated heterocycles. The molecule has 9 heteroatoms. The number of alkyl halides is 3. The van der Waals surface area contributed by atoms with Gasteiger partial charge in [-0.05, 0) is 12.1 Å². The molecule has 1 N–H and O–H groups in total. The Kier molecular flexibility index (Phi) is 3.43. The summed E-state index contributed by atoms with van der Waals surface area (Å²) in [7, 11) is 0. The van der Waals surface area contributed by atoms with Crippen LogP contribution < -0.4 is 0 Å². The number of aromatic nitrogens is 1. The van der Waals surface area contributed by atoms with Gasteiger partial charge in [0, 0.05) is 0 Å². The lowest BCUT2D eigenvalue weighted by atomic mass is 10.2. The Bertz CT molecular complexity index is 661. The van der Waals surface area contributed by atoms with Gasteiger partial charge < -0.3 is 9.52 Å². The van der Waals surface area contributed by atoms with Crippen LogP contribution in [0.1, 0.15) is 16.2 Å². The SMILES string of the molecule is O=C(O)c1oc(-c2c(F)cccc2Cl)nc1C(F)(F)F. The van der Waals surface area contributed by atoms with Crippen molar-refractivity contribution in [2.24, 2.45) is 0 Å². The summed E-state index contributed by atoms with van der Waals surface area (Å²) >= 11 is 5.65. The molecule has 0 bridgehead atoms. The summed E-state index contributed by atoms with van der Waals surface area (Å²) in [5.41, 5.74) is -2.29. The van der Waals surface area contributed by atoms with Gasteiger partial charge in [0.1, 0.15) is 5.82 Å². The van der Waals surface area contributed by atoms with Crippen molar-refractivity contribution in [2.75, 3.05) is 0 Å². The molecule has 4 nitrogen and oxygen atoms in total. The van der Waals surface area contributed by atoms with E-state index in [1.165, 1.54) is 12.1 Å². The third kappa shape index (κ3) is 2.46. The number of hydrogen-bond acceptors (Lipinski definition) is 3. The predicted octanol–water partition coefficient (Wildman–Crippen LogP) is 3.85. The zero-order valence-electron chi connectivity index (χ0n) is 9.33. The van der Waals surface area contributed by atoms with Crippen molar-refractivity contribution in [3.63, 3.8) is 0 Å². The Hall–Kier alpha value is -2.09. The molecule has 0 amide bonds. The molecule has 20 heavy (non-hydrogen) atoms. The minimum absolute atomic E-state index is 0.253. The van der Waals surface area contributed by atoms with Crippen molar-refractivity contribution in [2.45, 2.75) is 6.18 Å². The minimum atomic E-state index is -5.05. The van der Waals surface area contributed by atoms with Gasteiger partial charge in [0.05, 0.1) is 10.6 Å². The van der Waals surface area contributed by atoms with Gasteiger partial charge in [-0.3, -0.25) is 0 Å². The van der Waals surface area contributed by atoms with Crippen molar-refractivity contribution < 1.29 is 31.9 Å². The van der Waals surface area contributed by atoms with E-state index in [-0.39, 0.29) is 5.02 Å². The zero-order chi connectivity index (χ0) is 15.1. The van der Waals surface area contributed by atoms with E-state index in [2.05, 4.69) is 9.40 Å². The quantitative estimate of drug-likeness (QED) is 0.856. The van der Waals surface area contributed by atoms with Crippen molar-refractivity contribution in [3.8, 4) is 11.5 Å². The second-order valence-corrected chi connectivity index (χ2v) is 4.00. The molecule has 0 aliphatic carbocycles. The van der Waals surface area contributed by atoms with E-state index in [1.54, 1.807) is 0 Å². The highest BCUT2D eigenvalue weighted by molar-refractivity contribution is 6.33. The maximum absolute atomic E-state index is 13.6. The molecule has 2 rings (SSSR count). The van der Waals surface area contributed by atoms with Crippen LogP contribution in [0.5, 0.6) is 0 Å². The number of benzene rings is 1. The smallest absolute Gasteiger partial charge is 0.437 e. The molecule has 0 atom stereocenters. The number of carboxylic acid groups (broad SMARTS) is 1. The normalized spacial score (nSPS) is 11.7. The topological polar surface area (TPSA) is 63.3 Å². The van der Waals surface area contributed by atoms with Crippen LogP contribution in [0.2, 0.25) is 5.02 Å². The summed E-state index contributed by atoms with van der Waals surface area (Å²) in [6.07, 6.45) is -5.05. The molecular formula is C11H4ClF4NO3. The van der Waals surface area contributed by atoms with Gasteiger partial charge in [-0.25, -0.2) is 14.2 Å². The first-order valence-electron chi connectivity index (χ1n) is 4.97. The molecule has 1 aromatic heterocycles. The first-order chi connectivity index (χ1) is 9.21. The van der Waals surface area contributed by atoms with Crippen LogP contribution >= 0.6 is 11.6 Å². The lowest BCUT2D eigenvalue weighted by molar-refractivity contribution is -0.141. The maximum Gasteiger partial charge on any atom is 0.437 e. The third-order valence-corrected chi connectivity index (χ3v) is 2.58. The number of aromatic carboxylic acids is 1. The van der Waals surface area contributed by atoms with Gasteiger partial charge >= 0.3 is 12.1 Å². The standard InChI is InChI=1S/C11H4ClF4NO3/c12-4-2-1-3-5(13)6(4)9-17-8(11(14,15)16)7(20-9)10(18)19/h1-3H,(H,18,19). The van der Waals surface area contributed by atoms with Gasteiger partial charge in [0.15, 0.2) is 5.69 Å². The fourth-order valence-corrected chi connectivity index (χ4v) is 1.71. The van der Waals surface area contributed by atoms with Crippen LogP contribution in [0.15, 0.2) is 22.6 Å². The molecule has 1 aromatic carbocycles. The highest BCUT2D eigenvalue weighted by atomic mass is 35.5. The van der Waals surface area contributed by atoms with E-state index >= 15 is 0 Å². The van der Waals surface area contributed by atoms with Crippen LogP contribution in [0.3, 0.4) is 0 Å². The van der Waals surface area contributed by atoms with Gasteiger partial charge in [-0.2, -0.15) is 13.2 Å². The van der Waals surface area contributed by atoms with Gasteiger partial charge in [-0.1, -0.05) is 17.7 Å². The van der Waals surface area contributed by atoms with Crippen molar-refractivity contribution in [1.82, 2.24) is 4.98 Å². The van der Waals surface area contributed by atoms with Crippen LogP contribution in [0.4, 0.5) is 17.6 Å². The van der Waals surface area contributed by atoms with Crippen LogP contribution in [-0.4, -0.2) is 16.1 Å². The van der Waals surface area contributed by atoms with Gasteiger partial charge in [0.2, 0.25) is 11.7 Å². The number of carboxylic acids is 1. The largest absolute Gasteiger partial charge is 0.475 e. The third-order valence-electron chi connectivity index (χ3n) is 2.27. The first kappa shape index (κ1) is 14.3. The van der Waals surface area contributed by atoms with E-state index < -0.39 is 40.9 Å². The lowest BCUT2D eigenvalue weighted by Gasteiger charge is -2.01. The Morgan fingerprint density at radius 2 is 2.00 bits per heavy atom. The second kappa shape index (κ2) is 4.78. The number of halogens is 5. The van der Waals surface area contributed by atoms with Crippen molar-refractivity contribution >= 4 is 17.6 Å². The molecule has 0 unspecified atom stereocenters. The van der Waals surface area contributed by atoms with Crippen molar-refractivity contribution in [3.05, 3.63) is 40.5 Å². The molecule has 106 valence electrons. The summed E-state index contributed by atoms with van der Waals surface area (Å²) in [5.74, 6) is -5.22. The van der Waals surface area contributed by atoms with Crippen LogP contribution in [-0.2, 0) is 6.18 Å². The average molecular weight is 310 g/mol. The van der Waals surface area contributed by atoms with E-state index in [9.17, 15) is 22.4 Å². The van der Waals surface area contributed by atoms with Crippen LogP contribution in [0.25, 0.3) is 11.5 Å². The Labute approximate surface area is 113 Å². The fraction of sp³-hybridized carbons (Fsp3) is 0.0909. The Morgan fingerprint density at radius 1 is 1.35 bits per heavy atom. The average Bonchev–Trinajstić information content (AvgIpc) is 2.73. The molecule has 0 radical (unpaired) electrons. The monoisotopic (exact) mass is 309 g/mol. The number of rotatable bonds is 2. The molecular weight excluding hydrogens is 306 g/mol. The number of oxazole rings is 1. The number of carbonyl (C=O) groups is 1. The molecule has 0 saturated carbocycles. The molecule has 1 heterocycles. The molecule has 0 fully saturated rings. The fourth-order valence-electron chi connectivity index (χ4n) is 1.47. The molecule has 0 aliphatic rings. The highest BCUT2D eigenvalue weighted by Gasteiger charge is 2.41. The number of nitrogens with zero attached hydrogens (tertiary/aromatic N) is 1. The summed E-state index contributed by atoms with van der Waals surface area (Å²) in [4.78, 5) is 13.7. The molecule has 2 aromatic rings. The zero-order valence-corrected chi connectivity index (χ0v) is 10.1. The predicted molar refractivity (Wildman–Crippen MR) is 58.9 cm³/mol. The highest BCUT2D eigenvalue weighted by Crippen LogP contribution is 2.37. The van der Waals surface area contributed by atoms with E-state index in [4.69, 9.17) is 16.7 Å². The van der Waals surface area contributed by atoms with Crippen molar-refractivity contribution in [1.29, 1.82) is 0 Å². The molecule has 0 spiro atoms. The number of hydrogen-bond donors (Lipinski definition) is 1. The summed E-state index contributed by atoms with van der Waals surface area (Å²) in [6.45, 7) is 0. The van der Waals surface area contributed by atoms with E-state index in [0.717, 1.165) is 6.07 Å². The van der Waals surface area contributed by atoms with Gasteiger partial charge in [-0.15, -0.1) is 0 Å². The summed E-state index contributed by atoms with van der Waals surface area (Å²) in [5, 5.41) is 8.41. The van der Waals surface area contributed by atoms with E-state index in [1.807, 2.05) is 0 Å². The second-order valence-electron chi connectivity index (χ2n) is 3.60. The minimum Gasteiger partial charge on any atom is -0.475 e.